The summed E-state index contributed by atoms with van der Waals surface area (Å²) in [4.78, 5) is 142. The van der Waals surface area contributed by atoms with Gasteiger partial charge in [-0.15, -0.1) is 11.3 Å². The molecule has 5 aliphatic heterocycles. The summed E-state index contributed by atoms with van der Waals surface area (Å²) in [6.45, 7) is 28.2. The number of carbonyl (C=O) groups excluding carboxylic acids is 9. The minimum atomic E-state index is -1.57. The number of hydrogen-bond acceptors (Lipinski definition) is 27. The maximum atomic E-state index is 14.8. The van der Waals surface area contributed by atoms with E-state index in [1.165, 1.54) is 46.8 Å². The fraction of sp³-hybridized carbons (Fsp3) is 0.667. The molecule has 4 saturated heterocycles. The van der Waals surface area contributed by atoms with Crippen molar-refractivity contribution in [1.82, 2.24) is 29.2 Å². The van der Waals surface area contributed by atoms with Gasteiger partial charge in [0, 0.05) is 80.7 Å². The number of Topliss-reactive ketones (excluding diaryl/α,β-unsaturated/α-hetero) is 4. The first kappa shape index (κ1) is 93.8. The van der Waals surface area contributed by atoms with Gasteiger partial charge in [-0.3, -0.25) is 28.8 Å². The lowest BCUT2D eigenvalue weighted by molar-refractivity contribution is -0.295. The number of rotatable bonds is 21. The minimum absolute atomic E-state index is 0.0770. The maximum absolute atomic E-state index is 14.8. The summed E-state index contributed by atoms with van der Waals surface area (Å²) in [5, 5.41) is 12.4. The number of carbonyl (C=O) groups is 9. The molecule has 1 amide bonds. The smallest absolute Gasteiger partial charge is 0.420 e. The Bertz CT molecular complexity index is 4050. The number of fused-ring (bicyclic) bond motifs is 1. The number of ketones is 4. The molecular weight excluding hydrogens is 1510 g/mol. The van der Waals surface area contributed by atoms with Crippen LogP contribution < -0.4 is 5.73 Å². The molecule has 116 heavy (non-hydrogen) atoms. The number of esters is 3. The van der Waals surface area contributed by atoms with Crippen molar-refractivity contribution in [2.75, 3.05) is 54.7 Å². The van der Waals surface area contributed by atoms with E-state index < -0.39 is 161 Å². The van der Waals surface area contributed by atoms with Gasteiger partial charge >= 0.3 is 30.1 Å². The van der Waals surface area contributed by atoms with E-state index in [1.807, 2.05) is 110 Å². The number of benzene rings is 2. The SMILES string of the molecule is CC[C@H]1OC(=O)[C@H](C)C(=O)[C@H](C)[C@@H](OC2O[C@H](C)C[C@H](N(C)C)[C@H]2O)[C@@](C)(OC)C[C@@H](C)C(=O)[C@H](C)[C@H]2N(CCCCc3ncc(-c4cccc(N)c4)s3)C(=O)O[C@]12CC.CC[C@H]1OC(=O)[C@H](C)C(=O)[C@H](C)[C@@H](OC2O[C@H](C)C[C@H](N(C)C)[C@H]2OC(=O)c2ccccc2)[C@@](C)(OC)C[C@@H](C)C(=O)/C(C)=C/[C@]1(CC)OC(=O)n1ccnc1. The second kappa shape index (κ2) is 40.4. The van der Waals surface area contributed by atoms with E-state index in [1.54, 1.807) is 108 Å². The Balaban J connectivity index is 0.000000291. The number of unbranched alkanes of at least 4 members (excludes halogenated alkanes) is 1. The first-order valence-electron chi connectivity index (χ1n) is 41.0. The highest BCUT2D eigenvalue weighted by molar-refractivity contribution is 7.15. The molecule has 4 aromatic rings. The van der Waals surface area contributed by atoms with Crippen LogP contribution in [-0.4, -0.2) is 238 Å². The monoisotopic (exact) mass is 1640 g/mol. The molecule has 0 saturated carbocycles. The van der Waals surface area contributed by atoms with E-state index in [2.05, 4.69) is 9.97 Å². The summed E-state index contributed by atoms with van der Waals surface area (Å²) in [6, 6.07) is 14.9. The second-order valence-corrected chi connectivity index (χ2v) is 34.4. The van der Waals surface area contributed by atoms with E-state index in [0.29, 0.717) is 43.5 Å². The van der Waals surface area contributed by atoms with Crippen molar-refractivity contribution in [2.45, 2.75) is 283 Å². The van der Waals surface area contributed by atoms with Gasteiger partial charge in [0.05, 0.1) is 63.1 Å². The second-order valence-electron chi connectivity index (χ2n) is 33.3. The van der Waals surface area contributed by atoms with Crippen LogP contribution >= 0.6 is 11.3 Å². The summed E-state index contributed by atoms with van der Waals surface area (Å²) in [5.74, 6) is -10.1. The molecule has 0 spiro atoms. The molecule has 5 aliphatic rings. The topological polar surface area (TPSA) is 342 Å². The highest BCUT2D eigenvalue weighted by Gasteiger charge is 2.62. The van der Waals surface area contributed by atoms with Crippen molar-refractivity contribution < 1.29 is 100 Å². The van der Waals surface area contributed by atoms with E-state index >= 15 is 0 Å². The fourth-order valence-corrected chi connectivity index (χ4v) is 18.7. The van der Waals surface area contributed by atoms with Crippen molar-refractivity contribution in [2.24, 2.45) is 41.4 Å². The van der Waals surface area contributed by atoms with Gasteiger partial charge in [-0.25, -0.2) is 28.9 Å². The first-order chi connectivity index (χ1) is 54.7. The number of nitrogens with zero attached hydrogens (tertiary/aromatic N) is 6. The van der Waals surface area contributed by atoms with Crippen molar-refractivity contribution in [3.8, 4) is 10.4 Å². The van der Waals surface area contributed by atoms with Crippen molar-refractivity contribution in [3.05, 3.63) is 102 Å². The minimum Gasteiger partial charge on any atom is -0.457 e. The number of allylic oxidation sites excluding steroid dienone is 1. The molecule has 2 aromatic heterocycles. The number of cyclic esters (lactones) is 2. The molecule has 7 heterocycles. The van der Waals surface area contributed by atoms with Crippen molar-refractivity contribution in [3.63, 3.8) is 0 Å². The van der Waals surface area contributed by atoms with Gasteiger partial charge in [0.15, 0.2) is 47.2 Å². The number of thiazole rings is 1. The van der Waals surface area contributed by atoms with Gasteiger partial charge in [0.25, 0.3) is 0 Å². The molecule has 28 nitrogen and oxygen atoms in total. The number of likely N-dealkylation sites (N-methyl/N-ethyl adjacent to an activating group) is 2. The third-order valence-corrected chi connectivity index (χ3v) is 25.6. The Labute approximate surface area is 688 Å². The lowest BCUT2D eigenvalue weighted by Crippen LogP contribution is -2.61. The van der Waals surface area contributed by atoms with Crippen LogP contribution in [0.25, 0.3) is 10.4 Å². The normalized spacial score (nSPS) is 35.2. The summed E-state index contributed by atoms with van der Waals surface area (Å²) >= 11 is 1.60. The average molecular weight is 1640 g/mol. The highest BCUT2D eigenvalue weighted by atomic mass is 32.1. The van der Waals surface area contributed by atoms with Gasteiger partial charge in [-0.1, -0.05) is 92.6 Å². The van der Waals surface area contributed by atoms with Crippen LogP contribution in [0.3, 0.4) is 0 Å². The molecule has 9 rings (SSSR count). The quantitative estimate of drug-likeness (QED) is 0.0257. The molecule has 3 N–H and O–H groups in total. The molecule has 24 atom stereocenters. The zero-order valence-electron chi connectivity index (χ0n) is 71.9. The summed E-state index contributed by atoms with van der Waals surface area (Å²) < 4.78 is 70.4. The van der Waals surface area contributed by atoms with Crippen LogP contribution in [0.2, 0.25) is 0 Å². The zero-order chi connectivity index (χ0) is 85.8. The fourth-order valence-electron chi connectivity index (χ4n) is 17.7. The van der Waals surface area contributed by atoms with Gasteiger partial charge in [-0.2, -0.15) is 0 Å². The number of nitrogens with two attached hydrogens (primary N) is 1. The predicted molar refractivity (Wildman–Crippen MR) is 435 cm³/mol. The van der Waals surface area contributed by atoms with Gasteiger partial charge < -0.3 is 77.6 Å². The van der Waals surface area contributed by atoms with Crippen LogP contribution in [0.4, 0.5) is 15.3 Å². The lowest BCUT2D eigenvalue weighted by Gasteiger charge is -2.47. The number of hydrogen-bond donors (Lipinski definition) is 2. The highest BCUT2D eigenvalue weighted by Crippen LogP contribution is 2.47. The standard InChI is InChI=1S/C45H68N4O10S.C42H59N3O11/c1-12-34-45(13-2)39(49(43(54)59-45)20-15-14-19-35-47-24-33(60-35)30-17-16-18-31(46)22-30)27(5)36(50)25(3)23-44(8,55-11)40(28(6)37(51)29(7)41(53)57-34)58-42-38(52)32(48(9)10)21-26(4)56-42;1-12-32-42(13-2,56-40(50)45-20-19-43-24-45)23-26(4)33(46)25(3)22-41(8,51-11)36(28(6)34(47)29(7)37(48)53-32)55-39-35(31(44(9)10)21-27(5)52-39)54-38(49)30-17-15-14-16-18-30/h16-18,22,24-29,32,34,38-40,42,52H,12-15,19-21,23,46H2,1-11H3;14-20,23-25,27-29,31-32,35-36,39H,12-13,21-22H2,1-11H3/b;26-23+/t25-,26-,27+,28+,29-,32+,34-,38-,39-,40-,42?,44+,45-;25-,27-,28+,29-,31+,32-,35-,36-,39?,41+,42+/m11/s1. The average Bonchev–Trinajstić information content (AvgIpc) is 1.57. The molecule has 0 aliphatic carbocycles. The lowest BCUT2D eigenvalue weighted by atomic mass is 9.72. The Morgan fingerprint density at radius 2 is 1.27 bits per heavy atom. The largest absolute Gasteiger partial charge is 0.457 e. The number of aliphatic hydroxyl groups excluding tert-OH is 1. The van der Waals surface area contributed by atoms with E-state index in [-0.39, 0.29) is 80.0 Å². The van der Waals surface area contributed by atoms with E-state index in [9.17, 15) is 48.3 Å². The Morgan fingerprint density at radius 1 is 0.698 bits per heavy atom. The van der Waals surface area contributed by atoms with Crippen LogP contribution in [0.15, 0.2) is 91.2 Å². The summed E-state index contributed by atoms with van der Waals surface area (Å²) in [5.41, 5.74) is 2.80. The molecule has 642 valence electrons. The summed E-state index contributed by atoms with van der Waals surface area (Å²) in [6.07, 6.45) is 1.38. The van der Waals surface area contributed by atoms with Gasteiger partial charge in [-0.05, 0) is 189 Å². The van der Waals surface area contributed by atoms with Gasteiger partial charge in [0.2, 0.25) is 0 Å². The predicted octanol–water partition coefficient (Wildman–Crippen LogP) is 12.1. The first-order valence-corrected chi connectivity index (χ1v) is 41.8. The summed E-state index contributed by atoms with van der Waals surface area (Å²) in [7, 11) is 10.5. The number of anilines is 1. The molecule has 0 bridgehead atoms. The molecule has 2 unspecified atom stereocenters. The Kier molecular flexibility index (Phi) is 32.6. The van der Waals surface area contributed by atoms with Crippen molar-refractivity contribution in [1.29, 1.82) is 0 Å². The zero-order valence-corrected chi connectivity index (χ0v) is 72.7. The number of nitrogen functional groups attached to an aromatic ring is 1. The number of amides is 1. The number of aryl methyl sites for hydroxylation is 1. The Hall–Kier alpha value is -7.71. The Morgan fingerprint density at radius 3 is 1.81 bits per heavy atom. The van der Waals surface area contributed by atoms with E-state index in [0.717, 1.165) is 26.4 Å². The molecule has 0 radical (unpaired) electrons. The van der Waals surface area contributed by atoms with Gasteiger partial charge in [0.1, 0.15) is 42.3 Å². The third-order valence-electron chi connectivity index (χ3n) is 24.5. The van der Waals surface area contributed by atoms with E-state index in [4.69, 9.17) is 57.8 Å². The van der Waals surface area contributed by atoms with Crippen LogP contribution in [0.5, 0.6) is 0 Å². The molecule has 2 aromatic carbocycles. The number of aromatic nitrogens is 3. The number of aliphatic hydroxyl groups is 1. The van der Waals surface area contributed by atoms with Crippen LogP contribution in [0.1, 0.15) is 190 Å². The third kappa shape index (κ3) is 21.1. The molecule has 4 fully saturated rings. The number of ether oxygens (including phenoxy) is 11. The molecule has 29 heteroatoms. The number of methoxy groups -OCH3 is 2. The van der Waals surface area contributed by atoms with Crippen LogP contribution in [-0.2, 0) is 87.3 Å². The van der Waals surface area contributed by atoms with Crippen molar-refractivity contribution >= 4 is 70.3 Å². The van der Waals surface area contributed by atoms with Crippen LogP contribution in [0, 0.1) is 41.4 Å². The number of imidazole rings is 1. The maximum Gasteiger partial charge on any atom is 0.420 e. The molecular formula is C87H127N7O21S.